The molecule has 0 aliphatic rings. The summed E-state index contributed by atoms with van der Waals surface area (Å²) in [5.74, 6) is 0.939. The molecule has 0 aromatic carbocycles. The number of carbonyl (C=O) groups excluding carboxylic acids is 1. The smallest absolute Gasteiger partial charge is 0.225 e. The Morgan fingerprint density at radius 2 is 1.78 bits per heavy atom. The number of rotatable bonds is 9. The Morgan fingerprint density at radius 1 is 1.17 bits per heavy atom. The number of hydrogen-bond acceptors (Lipinski definition) is 2. The van der Waals surface area contributed by atoms with E-state index in [1.54, 1.807) is 7.05 Å². The molecular weight excluding hydrogens is 403 g/mol. The number of nitrogens with zero attached hydrogens (tertiary/aromatic N) is 2. The molecule has 0 saturated carbocycles. The molecule has 2 N–H and O–H groups in total. The van der Waals surface area contributed by atoms with E-state index in [2.05, 4.69) is 27.1 Å². The Morgan fingerprint density at radius 3 is 2.30 bits per heavy atom. The number of allylic oxidation sites excluding steroid dienone is 1. The first-order valence-electron chi connectivity index (χ1n) is 8.14. The number of carbonyl (C=O) groups is 1. The van der Waals surface area contributed by atoms with Crippen LogP contribution < -0.4 is 10.6 Å². The van der Waals surface area contributed by atoms with Gasteiger partial charge < -0.3 is 15.5 Å². The van der Waals surface area contributed by atoms with Gasteiger partial charge in [0, 0.05) is 39.1 Å². The van der Waals surface area contributed by atoms with E-state index in [1.807, 2.05) is 33.9 Å². The molecule has 0 unspecified atom stereocenters. The maximum Gasteiger partial charge on any atom is 0.225 e. The minimum Gasteiger partial charge on any atom is -0.354 e. The lowest BCUT2D eigenvalue weighted by Crippen LogP contribution is -2.44. The van der Waals surface area contributed by atoms with Crippen molar-refractivity contribution in [2.45, 2.75) is 46.5 Å². The summed E-state index contributed by atoms with van der Waals surface area (Å²) in [5, 5.41) is 6.20. The van der Waals surface area contributed by atoms with E-state index in [1.165, 1.54) is 12.8 Å². The van der Waals surface area contributed by atoms with Crippen molar-refractivity contribution in [2.24, 2.45) is 10.4 Å². The lowest BCUT2D eigenvalue weighted by atomic mass is 9.96. The highest BCUT2D eigenvalue weighted by atomic mass is 127. The van der Waals surface area contributed by atoms with Crippen LogP contribution in [-0.4, -0.2) is 50.5 Å². The van der Waals surface area contributed by atoms with Gasteiger partial charge in [0.25, 0.3) is 0 Å². The summed E-state index contributed by atoms with van der Waals surface area (Å²) in [7, 11) is 3.82. The summed E-state index contributed by atoms with van der Waals surface area (Å²) in [6, 6.07) is 0. The number of nitrogens with one attached hydrogen (secondary N) is 2. The second-order valence-corrected chi connectivity index (χ2v) is 6.54. The molecule has 0 fully saturated rings. The van der Waals surface area contributed by atoms with Crippen molar-refractivity contribution in [3.8, 4) is 0 Å². The van der Waals surface area contributed by atoms with E-state index in [0.717, 1.165) is 25.3 Å². The first kappa shape index (κ1) is 24.5. The second-order valence-electron chi connectivity index (χ2n) is 6.54. The van der Waals surface area contributed by atoms with Crippen molar-refractivity contribution < 1.29 is 4.79 Å². The highest BCUT2D eigenvalue weighted by Gasteiger charge is 2.20. The summed E-state index contributed by atoms with van der Waals surface area (Å²) >= 11 is 0. The SMILES string of the molecule is C=CCCCCCN(C)C(=NC)NCCNC(=O)C(C)(C)C.I. The quantitative estimate of drug-likeness (QED) is 0.191. The van der Waals surface area contributed by atoms with Gasteiger partial charge in [-0.3, -0.25) is 9.79 Å². The molecule has 0 aromatic rings. The number of hydrogen-bond donors (Lipinski definition) is 2. The lowest BCUT2D eigenvalue weighted by Gasteiger charge is -2.23. The number of halogens is 1. The normalized spacial score (nSPS) is 11.4. The maximum atomic E-state index is 11.8. The fourth-order valence-electron chi connectivity index (χ4n) is 1.92. The molecule has 0 bridgehead atoms. The second kappa shape index (κ2) is 13.6. The van der Waals surface area contributed by atoms with Crippen LogP contribution >= 0.6 is 24.0 Å². The summed E-state index contributed by atoms with van der Waals surface area (Å²) in [4.78, 5) is 18.1. The zero-order valence-corrected chi connectivity index (χ0v) is 17.8. The first-order chi connectivity index (χ1) is 10.3. The molecule has 0 radical (unpaired) electrons. The summed E-state index contributed by atoms with van der Waals surface area (Å²) < 4.78 is 0. The molecule has 1 amide bonds. The average Bonchev–Trinajstić information content (AvgIpc) is 2.45. The third kappa shape index (κ3) is 12.3. The predicted octanol–water partition coefficient (Wildman–Crippen LogP) is 3.02. The molecule has 136 valence electrons. The van der Waals surface area contributed by atoms with Gasteiger partial charge in [0.15, 0.2) is 5.96 Å². The van der Waals surface area contributed by atoms with E-state index in [-0.39, 0.29) is 35.3 Å². The first-order valence-corrected chi connectivity index (χ1v) is 8.14. The van der Waals surface area contributed by atoms with Crippen LogP contribution in [0.4, 0.5) is 0 Å². The summed E-state index contributed by atoms with van der Waals surface area (Å²) in [5.41, 5.74) is -0.343. The monoisotopic (exact) mass is 438 g/mol. The minimum atomic E-state index is -0.343. The van der Waals surface area contributed by atoms with E-state index >= 15 is 0 Å². The molecule has 0 saturated heterocycles. The zero-order valence-electron chi connectivity index (χ0n) is 15.4. The Balaban J connectivity index is 0. The fraction of sp³-hybridized carbons (Fsp3) is 0.765. The number of unbranched alkanes of at least 4 members (excludes halogenated alkanes) is 3. The molecule has 5 nitrogen and oxygen atoms in total. The molecule has 0 aromatic heterocycles. The van der Waals surface area contributed by atoms with Gasteiger partial charge in [-0.2, -0.15) is 0 Å². The maximum absolute atomic E-state index is 11.8. The van der Waals surface area contributed by atoms with Crippen LogP contribution in [0, 0.1) is 5.41 Å². The van der Waals surface area contributed by atoms with Gasteiger partial charge in [-0.25, -0.2) is 0 Å². The number of guanidine groups is 1. The molecule has 0 aliphatic carbocycles. The van der Waals surface area contributed by atoms with Crippen LogP contribution in [-0.2, 0) is 4.79 Å². The van der Waals surface area contributed by atoms with Gasteiger partial charge in [-0.1, -0.05) is 33.3 Å². The van der Waals surface area contributed by atoms with Crippen molar-refractivity contribution in [3.05, 3.63) is 12.7 Å². The Hall–Kier alpha value is -0.790. The van der Waals surface area contributed by atoms with Crippen LogP contribution in [0.3, 0.4) is 0 Å². The third-order valence-electron chi connectivity index (χ3n) is 3.35. The average molecular weight is 438 g/mol. The van der Waals surface area contributed by atoms with Crippen molar-refractivity contribution >= 4 is 35.8 Å². The molecular formula is C17H35IN4O. The van der Waals surface area contributed by atoms with Gasteiger partial charge in [-0.15, -0.1) is 30.6 Å². The molecule has 0 atom stereocenters. The van der Waals surface area contributed by atoms with E-state index < -0.39 is 0 Å². The highest BCUT2D eigenvalue weighted by molar-refractivity contribution is 14.0. The van der Waals surface area contributed by atoms with Crippen LogP contribution in [0.2, 0.25) is 0 Å². The Bertz CT molecular complexity index is 364. The van der Waals surface area contributed by atoms with E-state index in [4.69, 9.17) is 0 Å². The van der Waals surface area contributed by atoms with Crippen LogP contribution in [0.1, 0.15) is 46.5 Å². The molecule has 0 spiro atoms. The largest absolute Gasteiger partial charge is 0.354 e. The van der Waals surface area contributed by atoms with Crippen LogP contribution in [0.5, 0.6) is 0 Å². The molecule has 0 rings (SSSR count). The molecule has 6 heteroatoms. The Labute approximate surface area is 159 Å². The van der Waals surface area contributed by atoms with E-state index in [0.29, 0.717) is 13.1 Å². The fourth-order valence-corrected chi connectivity index (χ4v) is 1.92. The molecule has 23 heavy (non-hydrogen) atoms. The molecule has 0 aliphatic heterocycles. The Kier molecular flexibility index (Phi) is 14.5. The van der Waals surface area contributed by atoms with E-state index in [9.17, 15) is 4.79 Å². The van der Waals surface area contributed by atoms with Gasteiger partial charge in [0.05, 0.1) is 0 Å². The predicted molar refractivity (Wildman–Crippen MR) is 111 cm³/mol. The standard InChI is InChI=1S/C17H34N4O.HI/c1-7-8-9-10-11-14-21(6)16(18-5)20-13-12-19-15(22)17(2,3)4;/h7H,1,8-14H2,2-6H3,(H,18,20)(H,19,22);1H. The van der Waals surface area contributed by atoms with Crippen molar-refractivity contribution in [3.63, 3.8) is 0 Å². The van der Waals surface area contributed by atoms with Crippen LogP contribution in [0.25, 0.3) is 0 Å². The zero-order chi connectivity index (χ0) is 17.0. The minimum absolute atomic E-state index is 0. The van der Waals surface area contributed by atoms with Gasteiger partial charge >= 0.3 is 0 Å². The number of amides is 1. The third-order valence-corrected chi connectivity index (χ3v) is 3.35. The van der Waals surface area contributed by atoms with Gasteiger partial charge in [0.2, 0.25) is 5.91 Å². The highest BCUT2D eigenvalue weighted by Crippen LogP contribution is 2.11. The van der Waals surface area contributed by atoms with Crippen molar-refractivity contribution in [1.29, 1.82) is 0 Å². The van der Waals surface area contributed by atoms with Crippen molar-refractivity contribution in [2.75, 3.05) is 33.7 Å². The van der Waals surface area contributed by atoms with Crippen molar-refractivity contribution in [1.82, 2.24) is 15.5 Å². The molecule has 0 heterocycles. The van der Waals surface area contributed by atoms with Gasteiger partial charge in [-0.05, 0) is 19.3 Å². The van der Waals surface area contributed by atoms with Gasteiger partial charge in [0.1, 0.15) is 0 Å². The summed E-state index contributed by atoms with van der Waals surface area (Å²) in [6.07, 6.45) is 6.60. The summed E-state index contributed by atoms with van der Waals surface area (Å²) in [6.45, 7) is 11.7. The lowest BCUT2D eigenvalue weighted by molar-refractivity contribution is -0.128. The topological polar surface area (TPSA) is 56.7 Å². The van der Waals surface area contributed by atoms with Crippen LogP contribution in [0.15, 0.2) is 17.6 Å². The number of aliphatic imine (C=N–C) groups is 1.